The first-order valence-corrected chi connectivity index (χ1v) is 11.6. The van der Waals surface area contributed by atoms with E-state index in [0.29, 0.717) is 0 Å². The van der Waals surface area contributed by atoms with Gasteiger partial charge in [-0.25, -0.2) is 14.4 Å². The predicted octanol–water partition coefficient (Wildman–Crippen LogP) is 4.77. The first-order chi connectivity index (χ1) is 17.2. The van der Waals surface area contributed by atoms with Crippen LogP contribution in [0.1, 0.15) is 38.3 Å². The molecule has 1 N–H and O–H groups in total. The molecule has 2 amide bonds. The van der Waals surface area contributed by atoms with E-state index in [1.165, 1.54) is 6.08 Å². The van der Waals surface area contributed by atoms with E-state index in [1.807, 2.05) is 60.7 Å². The van der Waals surface area contributed by atoms with Gasteiger partial charge >= 0.3 is 18.2 Å². The Morgan fingerprint density at radius 1 is 0.944 bits per heavy atom. The van der Waals surface area contributed by atoms with Gasteiger partial charge in [0.1, 0.15) is 31.5 Å². The van der Waals surface area contributed by atoms with Gasteiger partial charge in [0, 0.05) is 0 Å². The van der Waals surface area contributed by atoms with Gasteiger partial charge in [0.05, 0.1) is 6.54 Å². The number of amides is 2. The largest absolute Gasteiger partial charge is 0.460 e. The van der Waals surface area contributed by atoms with Gasteiger partial charge in [0.25, 0.3) is 0 Å². The molecule has 9 heteroatoms. The zero-order valence-electron chi connectivity index (χ0n) is 21.0. The minimum atomic E-state index is -1.09. The molecule has 36 heavy (non-hydrogen) atoms. The SMILES string of the molecule is C=CCOC(=O)[C@H](CCN(OCc1ccccc1)C(=O)OCc1ccccc1)NC(=O)OC(C)(C)C. The van der Waals surface area contributed by atoms with Gasteiger partial charge in [-0.15, -0.1) is 0 Å². The Balaban J connectivity index is 2.09. The van der Waals surface area contributed by atoms with Crippen LogP contribution in [0, 0.1) is 0 Å². The minimum absolute atomic E-state index is 0.00948. The predicted molar refractivity (Wildman–Crippen MR) is 133 cm³/mol. The highest BCUT2D eigenvalue weighted by atomic mass is 16.7. The number of rotatable bonds is 12. The summed E-state index contributed by atoms with van der Waals surface area (Å²) in [4.78, 5) is 43.4. The lowest BCUT2D eigenvalue weighted by molar-refractivity contribution is -0.154. The summed E-state index contributed by atoms with van der Waals surface area (Å²) in [5.74, 6) is -0.693. The molecule has 2 rings (SSSR count). The van der Waals surface area contributed by atoms with Crippen LogP contribution >= 0.6 is 0 Å². The van der Waals surface area contributed by atoms with Crippen molar-refractivity contribution in [1.29, 1.82) is 0 Å². The monoisotopic (exact) mass is 498 g/mol. The highest BCUT2D eigenvalue weighted by Crippen LogP contribution is 2.11. The van der Waals surface area contributed by atoms with Crippen LogP contribution in [0.4, 0.5) is 9.59 Å². The summed E-state index contributed by atoms with van der Waals surface area (Å²) < 4.78 is 15.8. The number of esters is 1. The number of hydrogen-bond donors (Lipinski definition) is 1. The van der Waals surface area contributed by atoms with Crippen LogP contribution in [-0.4, -0.2) is 48.0 Å². The zero-order chi connectivity index (χ0) is 26.4. The lowest BCUT2D eigenvalue weighted by Crippen LogP contribution is -2.46. The molecule has 2 aromatic carbocycles. The average Bonchev–Trinajstić information content (AvgIpc) is 2.85. The Bertz CT molecular complexity index is 975. The van der Waals surface area contributed by atoms with E-state index in [4.69, 9.17) is 19.0 Å². The van der Waals surface area contributed by atoms with Gasteiger partial charge in [-0.2, -0.15) is 5.06 Å². The van der Waals surface area contributed by atoms with Crippen molar-refractivity contribution < 1.29 is 33.4 Å². The second kappa shape index (κ2) is 14.5. The first-order valence-electron chi connectivity index (χ1n) is 11.6. The highest BCUT2D eigenvalue weighted by Gasteiger charge is 2.28. The topological polar surface area (TPSA) is 103 Å². The lowest BCUT2D eigenvalue weighted by Gasteiger charge is -2.25. The molecule has 0 heterocycles. The highest BCUT2D eigenvalue weighted by molar-refractivity contribution is 5.81. The summed E-state index contributed by atoms with van der Waals surface area (Å²) in [6, 6.07) is 17.4. The fourth-order valence-electron chi connectivity index (χ4n) is 2.91. The molecule has 9 nitrogen and oxygen atoms in total. The molecular weight excluding hydrogens is 464 g/mol. The number of hydroxylamine groups is 2. The third-order valence-electron chi connectivity index (χ3n) is 4.58. The fraction of sp³-hybridized carbons (Fsp3) is 0.370. The Hall–Kier alpha value is -3.85. The van der Waals surface area contributed by atoms with Crippen LogP contribution in [0.3, 0.4) is 0 Å². The van der Waals surface area contributed by atoms with Crippen molar-refractivity contribution in [3.05, 3.63) is 84.4 Å². The Morgan fingerprint density at radius 2 is 1.53 bits per heavy atom. The molecule has 0 bridgehead atoms. The van der Waals surface area contributed by atoms with Crippen LogP contribution in [0.25, 0.3) is 0 Å². The Labute approximate surface area is 211 Å². The second-order valence-corrected chi connectivity index (χ2v) is 8.81. The van der Waals surface area contributed by atoms with Gasteiger partial charge in [0.2, 0.25) is 0 Å². The number of carbonyl (C=O) groups excluding carboxylic acids is 3. The van der Waals surface area contributed by atoms with Crippen molar-refractivity contribution in [2.75, 3.05) is 13.2 Å². The summed E-state index contributed by atoms with van der Waals surface area (Å²) in [7, 11) is 0. The summed E-state index contributed by atoms with van der Waals surface area (Å²) in [6.45, 7) is 8.70. The third kappa shape index (κ3) is 11.1. The lowest BCUT2D eigenvalue weighted by atomic mass is 10.2. The van der Waals surface area contributed by atoms with Crippen LogP contribution in [0.2, 0.25) is 0 Å². The van der Waals surface area contributed by atoms with Gasteiger partial charge in [-0.05, 0) is 38.3 Å². The minimum Gasteiger partial charge on any atom is -0.460 e. The molecule has 0 aliphatic heterocycles. The quantitative estimate of drug-likeness (QED) is 0.195. The number of hydrogen-bond acceptors (Lipinski definition) is 7. The number of ether oxygens (including phenoxy) is 3. The van der Waals surface area contributed by atoms with E-state index in [-0.39, 0.29) is 32.8 Å². The Morgan fingerprint density at radius 3 is 2.08 bits per heavy atom. The van der Waals surface area contributed by atoms with Crippen LogP contribution < -0.4 is 5.32 Å². The number of alkyl carbamates (subject to hydrolysis) is 1. The molecule has 1 atom stereocenters. The summed E-state index contributed by atoms with van der Waals surface area (Å²) in [5, 5.41) is 3.53. The number of carbonyl (C=O) groups is 3. The maximum Gasteiger partial charge on any atom is 0.434 e. The molecule has 0 saturated heterocycles. The molecule has 0 saturated carbocycles. The maximum absolute atomic E-state index is 12.8. The normalized spacial score (nSPS) is 11.6. The molecule has 0 radical (unpaired) electrons. The summed E-state index contributed by atoms with van der Waals surface area (Å²) in [5.41, 5.74) is 0.893. The standard InChI is InChI=1S/C27H34N2O7/c1-5-18-33-24(30)23(28-25(31)36-27(2,3)4)16-17-29(35-20-22-14-10-7-11-15-22)26(32)34-19-21-12-8-6-9-13-21/h5-15,23H,1,16-20H2,2-4H3,(H,28,31)/t23-/m0/s1. The number of nitrogens with zero attached hydrogens (tertiary/aromatic N) is 1. The van der Waals surface area contributed by atoms with Crippen molar-refractivity contribution in [2.45, 2.75) is 52.0 Å². The van der Waals surface area contributed by atoms with Gasteiger partial charge < -0.3 is 19.5 Å². The van der Waals surface area contributed by atoms with Crippen LogP contribution in [-0.2, 0) is 37.1 Å². The molecule has 0 aliphatic rings. The zero-order valence-corrected chi connectivity index (χ0v) is 21.0. The van der Waals surface area contributed by atoms with E-state index >= 15 is 0 Å². The molecule has 2 aromatic rings. The molecule has 0 aliphatic carbocycles. The first kappa shape index (κ1) is 28.4. The average molecular weight is 499 g/mol. The molecule has 0 fully saturated rings. The maximum atomic E-state index is 12.8. The number of nitrogens with one attached hydrogen (secondary N) is 1. The summed E-state index contributed by atoms with van der Waals surface area (Å²) >= 11 is 0. The van der Waals surface area contributed by atoms with Crippen molar-refractivity contribution >= 4 is 18.2 Å². The Kier molecular flexibility index (Phi) is 11.5. The van der Waals surface area contributed by atoms with E-state index in [1.54, 1.807) is 20.8 Å². The van der Waals surface area contributed by atoms with Crippen LogP contribution in [0.5, 0.6) is 0 Å². The molecule has 0 aromatic heterocycles. The van der Waals surface area contributed by atoms with Crippen molar-refractivity contribution in [3.63, 3.8) is 0 Å². The van der Waals surface area contributed by atoms with Crippen molar-refractivity contribution in [1.82, 2.24) is 10.4 Å². The molecule has 194 valence electrons. The van der Waals surface area contributed by atoms with Gasteiger partial charge in [-0.1, -0.05) is 73.3 Å². The van der Waals surface area contributed by atoms with Gasteiger partial charge in [0.15, 0.2) is 0 Å². The summed E-state index contributed by atoms with van der Waals surface area (Å²) in [6.07, 6.45) is -0.111. The van der Waals surface area contributed by atoms with E-state index in [9.17, 15) is 14.4 Å². The van der Waals surface area contributed by atoms with E-state index in [2.05, 4.69) is 11.9 Å². The fourth-order valence-corrected chi connectivity index (χ4v) is 2.91. The van der Waals surface area contributed by atoms with Crippen molar-refractivity contribution in [2.24, 2.45) is 0 Å². The number of benzene rings is 2. The molecular formula is C27H34N2O7. The van der Waals surface area contributed by atoms with Gasteiger partial charge in [-0.3, -0.25) is 4.84 Å². The van der Waals surface area contributed by atoms with Crippen molar-refractivity contribution in [3.8, 4) is 0 Å². The van der Waals surface area contributed by atoms with E-state index in [0.717, 1.165) is 16.2 Å². The smallest absolute Gasteiger partial charge is 0.434 e. The van der Waals surface area contributed by atoms with E-state index < -0.39 is 29.8 Å². The molecule has 0 spiro atoms. The van der Waals surface area contributed by atoms with Crippen LogP contribution in [0.15, 0.2) is 73.3 Å². The second-order valence-electron chi connectivity index (χ2n) is 8.81. The molecule has 0 unspecified atom stereocenters. The third-order valence-corrected chi connectivity index (χ3v) is 4.58.